The number of hydrogen-bond donors (Lipinski definition) is 1. The molecular weight excluding hydrogens is 332 g/mol. The molecule has 3 atom stereocenters. The van der Waals surface area contributed by atoms with Gasteiger partial charge in [0.25, 0.3) is 0 Å². The highest BCUT2D eigenvalue weighted by molar-refractivity contribution is 5.25. The molecule has 2 aromatic carbocycles. The maximum absolute atomic E-state index is 10.4. The van der Waals surface area contributed by atoms with E-state index in [1.165, 1.54) is 29.5 Å². The molecule has 2 bridgehead atoms. The summed E-state index contributed by atoms with van der Waals surface area (Å²) < 4.78 is 0. The lowest BCUT2D eigenvalue weighted by Gasteiger charge is -2.36. The van der Waals surface area contributed by atoms with Crippen LogP contribution in [0.15, 0.2) is 54.6 Å². The average Bonchev–Trinajstić information content (AvgIpc) is 3.17. The second-order valence-corrected chi connectivity index (χ2v) is 8.86. The molecule has 0 amide bonds. The van der Waals surface area contributed by atoms with Gasteiger partial charge >= 0.3 is 0 Å². The first-order valence-electron chi connectivity index (χ1n) is 10.2. The fraction of sp³-hybridized carbons (Fsp3) is 0.500. The van der Waals surface area contributed by atoms with Gasteiger partial charge in [0.1, 0.15) is 0 Å². The summed E-state index contributed by atoms with van der Waals surface area (Å²) in [6, 6.07) is 20.8. The van der Waals surface area contributed by atoms with Crippen LogP contribution in [-0.4, -0.2) is 47.7 Å². The van der Waals surface area contributed by atoms with E-state index in [1.807, 2.05) is 0 Å². The van der Waals surface area contributed by atoms with Crippen LogP contribution in [0, 0.1) is 5.41 Å². The van der Waals surface area contributed by atoms with Gasteiger partial charge in [0.2, 0.25) is 0 Å². The lowest BCUT2D eigenvalue weighted by Crippen LogP contribution is -2.41. The monoisotopic (exact) mass is 364 g/mol. The molecule has 0 unspecified atom stereocenters. The Labute approximate surface area is 163 Å². The Balaban J connectivity index is 1.52. The first-order chi connectivity index (χ1) is 13.1. The van der Waals surface area contributed by atoms with Crippen LogP contribution in [0.1, 0.15) is 36.0 Å². The van der Waals surface area contributed by atoms with E-state index in [0.29, 0.717) is 18.7 Å². The van der Waals surface area contributed by atoms with Crippen LogP contribution in [0.2, 0.25) is 0 Å². The molecule has 2 saturated heterocycles. The zero-order valence-corrected chi connectivity index (χ0v) is 16.6. The number of benzene rings is 2. The topological polar surface area (TPSA) is 26.7 Å². The third-order valence-electron chi connectivity index (χ3n) is 6.56. The van der Waals surface area contributed by atoms with Crippen molar-refractivity contribution in [2.75, 3.05) is 20.7 Å². The quantitative estimate of drug-likeness (QED) is 0.811. The molecule has 2 aromatic rings. The molecule has 0 aliphatic carbocycles. The molecule has 2 heterocycles. The van der Waals surface area contributed by atoms with Crippen LogP contribution in [-0.2, 0) is 19.5 Å². The molecule has 0 radical (unpaired) electrons. The van der Waals surface area contributed by atoms with Crippen molar-refractivity contribution in [1.82, 2.24) is 9.80 Å². The highest BCUT2D eigenvalue weighted by Crippen LogP contribution is 2.51. The molecule has 2 fully saturated rings. The fourth-order valence-corrected chi connectivity index (χ4v) is 5.48. The molecule has 3 heteroatoms. The summed E-state index contributed by atoms with van der Waals surface area (Å²) in [5.74, 6) is 0. The molecule has 0 aromatic heterocycles. The molecule has 2 aliphatic rings. The molecule has 4 rings (SSSR count). The zero-order valence-electron chi connectivity index (χ0n) is 16.6. The van der Waals surface area contributed by atoms with E-state index in [-0.39, 0.29) is 5.41 Å². The largest absolute Gasteiger partial charge is 0.396 e. The Morgan fingerprint density at radius 2 is 1.74 bits per heavy atom. The van der Waals surface area contributed by atoms with Gasteiger partial charge in [-0.1, -0.05) is 54.6 Å². The summed E-state index contributed by atoms with van der Waals surface area (Å²) in [5, 5.41) is 10.4. The lowest BCUT2D eigenvalue weighted by molar-refractivity contribution is 0.0750. The van der Waals surface area contributed by atoms with Gasteiger partial charge in [0, 0.05) is 30.6 Å². The van der Waals surface area contributed by atoms with Gasteiger partial charge in [-0.25, -0.2) is 0 Å². The minimum Gasteiger partial charge on any atom is -0.396 e. The Hall–Kier alpha value is -1.68. The summed E-state index contributed by atoms with van der Waals surface area (Å²) >= 11 is 0. The van der Waals surface area contributed by atoms with E-state index < -0.39 is 0 Å². The molecule has 3 nitrogen and oxygen atoms in total. The van der Waals surface area contributed by atoms with Crippen molar-refractivity contribution in [2.24, 2.45) is 5.41 Å². The van der Waals surface area contributed by atoms with E-state index in [4.69, 9.17) is 0 Å². The van der Waals surface area contributed by atoms with E-state index in [1.54, 1.807) is 0 Å². The van der Waals surface area contributed by atoms with Crippen LogP contribution < -0.4 is 0 Å². The third-order valence-corrected chi connectivity index (χ3v) is 6.56. The van der Waals surface area contributed by atoms with Gasteiger partial charge in [-0.15, -0.1) is 0 Å². The highest BCUT2D eigenvalue weighted by Gasteiger charge is 2.55. The molecule has 27 heavy (non-hydrogen) atoms. The smallest absolute Gasteiger partial charge is 0.0506 e. The first kappa shape index (κ1) is 18.7. The van der Waals surface area contributed by atoms with Crippen molar-refractivity contribution in [1.29, 1.82) is 0 Å². The molecule has 0 spiro atoms. The van der Waals surface area contributed by atoms with Gasteiger partial charge in [-0.3, -0.25) is 4.90 Å². The maximum atomic E-state index is 10.4. The van der Waals surface area contributed by atoms with E-state index >= 15 is 0 Å². The third kappa shape index (κ3) is 3.82. The second kappa shape index (κ2) is 7.75. The maximum Gasteiger partial charge on any atom is 0.0506 e. The number of hydrogen-bond acceptors (Lipinski definition) is 3. The minimum absolute atomic E-state index is 0.0194. The lowest BCUT2D eigenvalue weighted by atomic mass is 9.70. The number of aliphatic hydroxyl groups is 1. The van der Waals surface area contributed by atoms with E-state index in [2.05, 4.69) is 78.5 Å². The number of rotatable bonds is 7. The standard InChI is InChI=1S/C24H32N2O/c1-25(2)16-20-9-6-10-21(13-20)17-26-22-11-12-23(26)24(15-22,18-27)14-19-7-4-3-5-8-19/h3-10,13,22-23,27H,11-12,14-18H2,1-2H3/t22-,23+,24-/m0/s1. The fourth-order valence-electron chi connectivity index (χ4n) is 5.48. The van der Waals surface area contributed by atoms with Crippen LogP contribution in [0.4, 0.5) is 0 Å². The molecule has 1 N–H and O–H groups in total. The van der Waals surface area contributed by atoms with Crippen LogP contribution >= 0.6 is 0 Å². The van der Waals surface area contributed by atoms with Crippen molar-refractivity contribution in [3.63, 3.8) is 0 Å². The van der Waals surface area contributed by atoms with Gasteiger partial charge in [-0.05, 0) is 56.5 Å². The molecule has 0 saturated carbocycles. The van der Waals surface area contributed by atoms with Crippen molar-refractivity contribution in [3.05, 3.63) is 71.3 Å². The zero-order chi connectivity index (χ0) is 18.9. The normalized spacial score (nSPS) is 27.6. The van der Waals surface area contributed by atoms with Crippen molar-refractivity contribution in [3.8, 4) is 0 Å². The number of nitrogens with zero attached hydrogens (tertiary/aromatic N) is 2. The van der Waals surface area contributed by atoms with E-state index in [0.717, 1.165) is 25.9 Å². The number of aliphatic hydroxyl groups excluding tert-OH is 1. The molecule has 144 valence electrons. The average molecular weight is 365 g/mol. The van der Waals surface area contributed by atoms with Gasteiger partial charge in [0.05, 0.1) is 6.61 Å². The van der Waals surface area contributed by atoms with Gasteiger partial charge < -0.3 is 10.0 Å². The van der Waals surface area contributed by atoms with Crippen molar-refractivity contribution >= 4 is 0 Å². The van der Waals surface area contributed by atoms with Crippen molar-refractivity contribution in [2.45, 2.75) is 50.9 Å². The Bertz CT molecular complexity index is 760. The van der Waals surface area contributed by atoms with Crippen molar-refractivity contribution < 1.29 is 5.11 Å². The molecular formula is C24H32N2O. The van der Waals surface area contributed by atoms with Crippen LogP contribution in [0.25, 0.3) is 0 Å². The summed E-state index contributed by atoms with van der Waals surface area (Å²) in [7, 11) is 4.24. The Morgan fingerprint density at radius 3 is 2.48 bits per heavy atom. The Kier molecular flexibility index (Phi) is 5.36. The molecule has 2 aliphatic heterocycles. The van der Waals surface area contributed by atoms with Gasteiger partial charge in [0.15, 0.2) is 0 Å². The summed E-state index contributed by atoms with van der Waals surface area (Å²) in [6.07, 6.45) is 4.61. The SMILES string of the molecule is CN(C)Cc1cccc(CN2[C@H]3CC[C@@H]2[C@@](CO)(Cc2ccccc2)C3)c1. The van der Waals surface area contributed by atoms with Gasteiger partial charge in [-0.2, -0.15) is 0 Å². The second-order valence-electron chi connectivity index (χ2n) is 8.86. The predicted octanol–water partition coefficient (Wildman–Crippen LogP) is 3.71. The van der Waals surface area contributed by atoms with E-state index in [9.17, 15) is 5.11 Å². The first-order valence-corrected chi connectivity index (χ1v) is 10.2. The summed E-state index contributed by atoms with van der Waals surface area (Å²) in [6.45, 7) is 2.28. The Morgan fingerprint density at radius 1 is 1.00 bits per heavy atom. The van der Waals surface area contributed by atoms with Crippen LogP contribution in [0.5, 0.6) is 0 Å². The summed E-state index contributed by atoms with van der Waals surface area (Å²) in [4.78, 5) is 4.91. The summed E-state index contributed by atoms with van der Waals surface area (Å²) in [5.41, 5.74) is 4.15. The minimum atomic E-state index is 0.0194. The predicted molar refractivity (Wildman–Crippen MR) is 110 cm³/mol. The van der Waals surface area contributed by atoms with Crippen LogP contribution in [0.3, 0.4) is 0 Å². The number of fused-ring (bicyclic) bond motifs is 2. The highest BCUT2D eigenvalue weighted by atomic mass is 16.3.